The molecule has 0 radical (unpaired) electrons. The highest BCUT2D eigenvalue weighted by Gasteiger charge is 2.29. The summed E-state index contributed by atoms with van der Waals surface area (Å²) in [4.78, 5) is 14.4. The predicted octanol–water partition coefficient (Wildman–Crippen LogP) is 2.41. The molecule has 1 saturated heterocycles. The quantitative estimate of drug-likeness (QED) is 0.941. The number of aromatic nitrogens is 2. The van der Waals surface area contributed by atoms with Crippen molar-refractivity contribution in [2.24, 2.45) is 7.05 Å². The van der Waals surface area contributed by atoms with E-state index in [-0.39, 0.29) is 18.2 Å². The molecule has 2 amide bonds. The van der Waals surface area contributed by atoms with Crippen LogP contribution in [0.1, 0.15) is 19.4 Å². The van der Waals surface area contributed by atoms with Gasteiger partial charge in [0.05, 0.1) is 24.4 Å². The van der Waals surface area contributed by atoms with Crippen LogP contribution in [-0.4, -0.2) is 46.0 Å². The van der Waals surface area contributed by atoms with Gasteiger partial charge in [-0.15, -0.1) is 0 Å². The summed E-state index contributed by atoms with van der Waals surface area (Å²) in [5.74, 6) is 0. The Bertz CT molecular complexity index is 698. The molecule has 1 N–H and O–H groups in total. The molecule has 0 aliphatic carbocycles. The van der Waals surface area contributed by atoms with Gasteiger partial charge in [0.1, 0.15) is 0 Å². The van der Waals surface area contributed by atoms with Gasteiger partial charge in [-0.2, -0.15) is 5.10 Å². The van der Waals surface area contributed by atoms with Crippen LogP contribution < -0.4 is 5.32 Å². The maximum absolute atomic E-state index is 12.5. The van der Waals surface area contributed by atoms with Gasteiger partial charge in [0, 0.05) is 37.5 Å². The molecule has 6 heteroatoms. The Kier molecular flexibility index (Phi) is 4.85. The largest absolute Gasteiger partial charge is 0.375 e. The average molecular weight is 328 g/mol. The summed E-state index contributed by atoms with van der Waals surface area (Å²) in [5.41, 5.74) is 2.96. The third-order valence-corrected chi connectivity index (χ3v) is 4.53. The van der Waals surface area contributed by atoms with Crippen LogP contribution in [0.15, 0.2) is 36.5 Å². The van der Waals surface area contributed by atoms with E-state index in [2.05, 4.69) is 10.4 Å². The van der Waals surface area contributed by atoms with E-state index in [9.17, 15) is 4.79 Å². The molecule has 0 bridgehead atoms. The molecular formula is C18H24N4O2. The molecule has 0 spiro atoms. The number of amides is 2. The number of hydrogen-bond acceptors (Lipinski definition) is 3. The number of nitrogens with one attached hydrogen (secondary N) is 1. The minimum atomic E-state index is -0.0551. The lowest BCUT2D eigenvalue weighted by atomic mass is 10.1. The lowest BCUT2D eigenvalue weighted by molar-refractivity contribution is -0.0376. The summed E-state index contributed by atoms with van der Waals surface area (Å²) < 4.78 is 7.36. The molecule has 0 unspecified atom stereocenters. The Morgan fingerprint density at radius 1 is 1.33 bits per heavy atom. The van der Waals surface area contributed by atoms with Crippen molar-refractivity contribution in [2.45, 2.75) is 32.5 Å². The molecule has 0 saturated carbocycles. The number of rotatable bonds is 3. The molecule has 3 rings (SSSR count). The van der Waals surface area contributed by atoms with Crippen LogP contribution in [-0.2, 0) is 18.3 Å². The van der Waals surface area contributed by atoms with Gasteiger partial charge >= 0.3 is 6.03 Å². The second-order valence-electron chi connectivity index (χ2n) is 6.21. The predicted molar refractivity (Wildman–Crippen MR) is 92.5 cm³/mol. The molecule has 2 aromatic rings. The lowest BCUT2D eigenvalue weighted by Crippen LogP contribution is -2.54. The average Bonchev–Trinajstić information content (AvgIpc) is 2.97. The van der Waals surface area contributed by atoms with Crippen LogP contribution in [0.3, 0.4) is 0 Å². The summed E-state index contributed by atoms with van der Waals surface area (Å²) >= 11 is 0. The fourth-order valence-corrected chi connectivity index (χ4v) is 3.00. The van der Waals surface area contributed by atoms with E-state index in [1.807, 2.05) is 62.3 Å². The van der Waals surface area contributed by atoms with Gasteiger partial charge < -0.3 is 15.0 Å². The Morgan fingerprint density at radius 2 is 2.08 bits per heavy atom. The first kappa shape index (κ1) is 16.5. The van der Waals surface area contributed by atoms with Gasteiger partial charge in [-0.05, 0) is 13.8 Å². The zero-order chi connectivity index (χ0) is 17.1. The summed E-state index contributed by atoms with van der Waals surface area (Å²) in [6.45, 7) is 5.67. The third-order valence-electron chi connectivity index (χ3n) is 4.53. The molecule has 2 heterocycles. The highest BCUT2D eigenvalue weighted by molar-refractivity contribution is 5.75. The smallest absolute Gasteiger partial charge is 0.318 e. The van der Waals surface area contributed by atoms with Crippen molar-refractivity contribution >= 4 is 6.03 Å². The van der Waals surface area contributed by atoms with Crippen molar-refractivity contribution < 1.29 is 9.53 Å². The van der Waals surface area contributed by atoms with E-state index in [1.54, 1.807) is 4.68 Å². The van der Waals surface area contributed by atoms with Gasteiger partial charge in [-0.1, -0.05) is 30.3 Å². The molecule has 1 aromatic heterocycles. The highest BCUT2D eigenvalue weighted by Crippen LogP contribution is 2.21. The molecule has 6 nitrogen and oxygen atoms in total. The number of morpholine rings is 1. The van der Waals surface area contributed by atoms with Gasteiger partial charge in [-0.3, -0.25) is 4.68 Å². The summed E-state index contributed by atoms with van der Waals surface area (Å²) in [6, 6.07) is 10.0. The minimum Gasteiger partial charge on any atom is -0.375 e. The number of carbonyl (C=O) groups excluding carboxylic acids is 1. The fraction of sp³-hybridized carbons (Fsp3) is 0.444. The van der Waals surface area contributed by atoms with Crippen LogP contribution in [0.25, 0.3) is 11.3 Å². The van der Waals surface area contributed by atoms with Crippen molar-refractivity contribution in [3.05, 3.63) is 42.1 Å². The van der Waals surface area contributed by atoms with Crippen LogP contribution >= 0.6 is 0 Å². The zero-order valence-corrected chi connectivity index (χ0v) is 14.4. The van der Waals surface area contributed by atoms with Crippen molar-refractivity contribution in [2.75, 3.05) is 13.2 Å². The number of aryl methyl sites for hydroxylation is 1. The molecule has 1 aliphatic heterocycles. The van der Waals surface area contributed by atoms with Crippen LogP contribution in [0, 0.1) is 0 Å². The summed E-state index contributed by atoms with van der Waals surface area (Å²) in [7, 11) is 1.89. The highest BCUT2D eigenvalue weighted by atomic mass is 16.5. The van der Waals surface area contributed by atoms with Crippen molar-refractivity contribution in [3.63, 3.8) is 0 Å². The lowest BCUT2D eigenvalue weighted by Gasteiger charge is -2.37. The normalized spacial score (nSPS) is 20.9. The Morgan fingerprint density at radius 3 is 2.83 bits per heavy atom. The van der Waals surface area contributed by atoms with Crippen molar-refractivity contribution in [1.29, 1.82) is 0 Å². The fourth-order valence-electron chi connectivity index (χ4n) is 3.00. The molecule has 128 valence electrons. The number of nitrogens with zero attached hydrogens (tertiary/aromatic N) is 3. The molecule has 1 aliphatic rings. The Hall–Kier alpha value is -2.34. The number of ether oxygens (including phenoxy) is 1. The second kappa shape index (κ2) is 7.05. The van der Waals surface area contributed by atoms with E-state index >= 15 is 0 Å². The number of hydrogen-bond donors (Lipinski definition) is 1. The maximum atomic E-state index is 12.5. The van der Waals surface area contributed by atoms with E-state index < -0.39 is 0 Å². The molecular weight excluding hydrogens is 304 g/mol. The molecule has 2 atom stereocenters. The first-order valence-electron chi connectivity index (χ1n) is 8.30. The van der Waals surface area contributed by atoms with Crippen LogP contribution in [0.2, 0.25) is 0 Å². The number of carbonyl (C=O) groups is 1. The number of benzene rings is 1. The Balaban J connectivity index is 1.70. The van der Waals surface area contributed by atoms with E-state index in [4.69, 9.17) is 4.74 Å². The summed E-state index contributed by atoms with van der Waals surface area (Å²) in [5, 5.41) is 7.55. The van der Waals surface area contributed by atoms with E-state index in [0.717, 1.165) is 16.8 Å². The Labute approximate surface area is 142 Å². The van der Waals surface area contributed by atoms with Gasteiger partial charge in [0.15, 0.2) is 0 Å². The van der Waals surface area contributed by atoms with Gasteiger partial charge in [-0.25, -0.2) is 4.79 Å². The molecule has 24 heavy (non-hydrogen) atoms. The van der Waals surface area contributed by atoms with E-state index in [1.165, 1.54) is 0 Å². The first-order valence-corrected chi connectivity index (χ1v) is 8.30. The monoisotopic (exact) mass is 328 g/mol. The zero-order valence-electron chi connectivity index (χ0n) is 14.4. The minimum absolute atomic E-state index is 0.0551. The third kappa shape index (κ3) is 3.43. The number of urea groups is 1. The molecule has 1 aromatic carbocycles. The van der Waals surface area contributed by atoms with E-state index in [0.29, 0.717) is 19.7 Å². The van der Waals surface area contributed by atoms with Gasteiger partial charge in [0.2, 0.25) is 0 Å². The maximum Gasteiger partial charge on any atom is 0.318 e. The van der Waals surface area contributed by atoms with Crippen LogP contribution in [0.5, 0.6) is 0 Å². The SMILES string of the molecule is C[C@@H]1OCCN(C(=O)NCc2cn(C)nc2-c2ccccc2)[C@@H]1C. The van der Waals surface area contributed by atoms with Crippen LogP contribution in [0.4, 0.5) is 4.79 Å². The van der Waals surface area contributed by atoms with Crippen molar-refractivity contribution in [1.82, 2.24) is 20.0 Å². The second-order valence-corrected chi connectivity index (χ2v) is 6.21. The van der Waals surface area contributed by atoms with Crippen molar-refractivity contribution in [3.8, 4) is 11.3 Å². The summed E-state index contributed by atoms with van der Waals surface area (Å²) in [6.07, 6.45) is 2.01. The first-order chi connectivity index (χ1) is 11.6. The van der Waals surface area contributed by atoms with Gasteiger partial charge in [0.25, 0.3) is 0 Å². The standard InChI is InChI=1S/C18H24N4O2/c1-13-14(2)24-10-9-22(13)18(23)19-11-16-12-21(3)20-17(16)15-7-5-4-6-8-15/h4-8,12-14H,9-11H2,1-3H3,(H,19,23)/t13-,14+/m1/s1. The molecule has 1 fully saturated rings. The topological polar surface area (TPSA) is 59.4 Å².